The second-order valence-electron chi connectivity index (χ2n) is 6.98. The summed E-state index contributed by atoms with van der Waals surface area (Å²) in [5.41, 5.74) is -0.370. The smallest absolute Gasteiger partial charge is 0.475 e. The van der Waals surface area contributed by atoms with E-state index in [1.165, 1.54) is 12.4 Å². The molecule has 2 atom stereocenters. The second kappa shape index (κ2) is 8.89. The van der Waals surface area contributed by atoms with Crippen molar-refractivity contribution in [1.29, 1.82) is 0 Å². The molecule has 29 heavy (non-hydrogen) atoms. The molecule has 1 N–H and O–H groups in total. The number of hydrogen-bond donors (Lipinski definition) is 1. The number of methoxy groups -OCH3 is 1. The minimum Gasteiger partial charge on any atom is -0.475 e. The summed E-state index contributed by atoms with van der Waals surface area (Å²) in [4.78, 5) is 33.7. The van der Waals surface area contributed by atoms with Crippen molar-refractivity contribution in [2.45, 2.75) is 19.5 Å². The van der Waals surface area contributed by atoms with Gasteiger partial charge in [-0.1, -0.05) is 6.92 Å². The molecule has 1 aromatic heterocycles. The minimum absolute atomic E-state index is 0.196. The maximum Gasteiger partial charge on any atom is 0.490 e. The van der Waals surface area contributed by atoms with Crippen LogP contribution in [-0.4, -0.2) is 77.9 Å². The molecule has 0 aromatic carbocycles. The minimum atomic E-state index is -5.08. The lowest BCUT2D eigenvalue weighted by molar-refractivity contribution is -0.192. The predicted octanol–water partition coefficient (Wildman–Crippen LogP) is 1.57. The number of likely N-dealkylation sites (tertiary alicyclic amines) is 1. The van der Waals surface area contributed by atoms with Crippen molar-refractivity contribution in [2.24, 2.45) is 11.3 Å². The van der Waals surface area contributed by atoms with Gasteiger partial charge in [0.1, 0.15) is 0 Å². The summed E-state index contributed by atoms with van der Waals surface area (Å²) in [7, 11) is 1.64. The van der Waals surface area contributed by atoms with Gasteiger partial charge < -0.3 is 19.6 Å². The van der Waals surface area contributed by atoms with Gasteiger partial charge in [0.05, 0.1) is 24.4 Å². The van der Waals surface area contributed by atoms with Gasteiger partial charge >= 0.3 is 12.1 Å². The van der Waals surface area contributed by atoms with E-state index in [1.54, 1.807) is 7.11 Å². The van der Waals surface area contributed by atoms with Crippen LogP contribution in [0.4, 0.5) is 23.5 Å². The first-order valence-corrected chi connectivity index (χ1v) is 8.82. The zero-order valence-electron chi connectivity index (χ0n) is 15.9. The monoisotopic (exact) mass is 422 g/mol. The predicted molar refractivity (Wildman–Crippen MR) is 92.6 cm³/mol. The summed E-state index contributed by atoms with van der Waals surface area (Å²) < 4.78 is 49.8. The molecule has 0 aliphatic carbocycles. The van der Waals surface area contributed by atoms with Crippen molar-refractivity contribution in [2.75, 3.05) is 44.8 Å². The number of carboxylic acid groups (broad SMARTS) is 1. The number of aliphatic carboxylic acids is 1. The van der Waals surface area contributed by atoms with Crippen LogP contribution in [0.5, 0.6) is 0 Å². The molecule has 1 spiro atoms. The fourth-order valence-electron chi connectivity index (χ4n) is 3.56. The molecule has 1 amide bonds. The van der Waals surface area contributed by atoms with Crippen molar-refractivity contribution in [3.05, 3.63) is 18.2 Å². The molecule has 12 heteroatoms. The first-order chi connectivity index (χ1) is 13.5. The van der Waals surface area contributed by atoms with Crippen LogP contribution < -0.4 is 4.90 Å². The summed E-state index contributed by atoms with van der Waals surface area (Å²) in [6.07, 6.45) is -1.91. The third kappa shape index (κ3) is 5.11. The van der Waals surface area contributed by atoms with Crippen LogP contribution in [0.3, 0.4) is 0 Å². The van der Waals surface area contributed by atoms with E-state index in [4.69, 9.17) is 14.6 Å². The van der Waals surface area contributed by atoms with Crippen molar-refractivity contribution in [3.8, 4) is 0 Å². The summed E-state index contributed by atoms with van der Waals surface area (Å²) >= 11 is 0. The highest BCUT2D eigenvalue weighted by molar-refractivity contribution is 5.86. The number of carboxylic acids is 1. The number of carbonyl (C=O) groups excluding carboxylic acids is 1. The lowest BCUT2D eigenvalue weighted by Crippen LogP contribution is -2.40. The van der Waals surface area contributed by atoms with Gasteiger partial charge in [-0.2, -0.15) is 13.2 Å². The van der Waals surface area contributed by atoms with Crippen LogP contribution in [0.25, 0.3) is 0 Å². The van der Waals surface area contributed by atoms with Crippen molar-refractivity contribution in [1.82, 2.24) is 14.9 Å². The number of anilines is 1. The van der Waals surface area contributed by atoms with Crippen LogP contribution in [0.2, 0.25) is 0 Å². The summed E-state index contributed by atoms with van der Waals surface area (Å²) in [6, 6.07) is 0. The van der Waals surface area contributed by atoms with Gasteiger partial charge in [0.2, 0.25) is 11.9 Å². The zero-order chi connectivity index (χ0) is 21.8. The Morgan fingerprint density at radius 3 is 2.48 bits per heavy atom. The topological polar surface area (TPSA) is 95.9 Å². The average Bonchev–Trinajstić information content (AvgIpc) is 3.15. The number of halogens is 4. The van der Waals surface area contributed by atoms with Gasteiger partial charge in [-0.05, 0) is 12.3 Å². The Morgan fingerprint density at radius 2 is 1.97 bits per heavy atom. The Bertz CT molecular complexity index is 731. The Labute approximate surface area is 164 Å². The van der Waals surface area contributed by atoms with E-state index >= 15 is 0 Å². The molecule has 2 saturated heterocycles. The van der Waals surface area contributed by atoms with Gasteiger partial charge in [-0.25, -0.2) is 19.2 Å². The Morgan fingerprint density at radius 1 is 1.38 bits per heavy atom. The van der Waals surface area contributed by atoms with E-state index in [0.717, 1.165) is 19.5 Å². The Kier molecular flexibility index (Phi) is 6.98. The van der Waals surface area contributed by atoms with Crippen molar-refractivity contribution >= 4 is 17.8 Å². The molecular weight excluding hydrogens is 400 g/mol. The lowest BCUT2D eigenvalue weighted by Gasteiger charge is -2.26. The molecule has 1 aromatic rings. The number of amides is 1. The first kappa shape index (κ1) is 22.8. The fourth-order valence-corrected chi connectivity index (χ4v) is 3.56. The summed E-state index contributed by atoms with van der Waals surface area (Å²) in [5, 5.41) is 7.12. The largest absolute Gasteiger partial charge is 0.490 e. The zero-order valence-corrected chi connectivity index (χ0v) is 15.9. The van der Waals surface area contributed by atoms with Crippen LogP contribution >= 0.6 is 0 Å². The lowest BCUT2D eigenvalue weighted by atomic mass is 9.78. The molecule has 0 radical (unpaired) electrons. The number of rotatable bonds is 4. The van der Waals surface area contributed by atoms with Crippen LogP contribution in [0.1, 0.15) is 13.3 Å². The van der Waals surface area contributed by atoms with Crippen LogP contribution in [0, 0.1) is 17.2 Å². The molecule has 0 saturated carbocycles. The third-order valence-corrected chi connectivity index (χ3v) is 5.15. The molecule has 2 aliphatic rings. The second-order valence-corrected chi connectivity index (χ2v) is 6.98. The highest BCUT2D eigenvalue weighted by Gasteiger charge is 2.55. The van der Waals surface area contributed by atoms with Crippen molar-refractivity contribution in [3.63, 3.8) is 0 Å². The summed E-state index contributed by atoms with van der Waals surface area (Å²) in [6.45, 7) is 5.38. The fraction of sp³-hybridized carbons (Fsp3) is 0.647. The molecule has 3 heterocycles. The molecular formula is C17H22F4N4O4. The highest BCUT2D eigenvalue weighted by atomic mass is 19.4. The Hall–Kier alpha value is -2.50. The average molecular weight is 422 g/mol. The third-order valence-electron chi connectivity index (χ3n) is 5.15. The molecule has 162 valence electrons. The molecule has 0 bridgehead atoms. The molecule has 0 unspecified atom stereocenters. The van der Waals surface area contributed by atoms with Crippen molar-refractivity contribution < 1.29 is 37.0 Å². The van der Waals surface area contributed by atoms with Gasteiger partial charge in [0.25, 0.3) is 0 Å². The normalized spacial score (nSPS) is 24.1. The summed E-state index contributed by atoms with van der Waals surface area (Å²) in [5.74, 6) is -2.29. The number of nitrogens with zero attached hydrogens (tertiary/aromatic N) is 4. The van der Waals surface area contributed by atoms with E-state index in [0.29, 0.717) is 25.6 Å². The maximum atomic E-state index is 13.0. The van der Waals surface area contributed by atoms with E-state index in [1.807, 2.05) is 9.80 Å². The van der Waals surface area contributed by atoms with Crippen LogP contribution in [0.15, 0.2) is 12.4 Å². The number of aromatic nitrogens is 2. The standard InChI is InChI=1S/C15H21FN4O2.C2HF3O2/c1-11-9-20(14-17-7-12(16)8-18-14)10-15(11)3-4-19(13(15)21)5-6-22-2;3-2(4,5)1(6)7/h7-8,11H,3-6,9-10H2,1-2H3;(H,6,7)/t11-,15-;/m1./s1. The molecule has 8 nitrogen and oxygen atoms in total. The van der Waals surface area contributed by atoms with E-state index < -0.39 is 18.0 Å². The van der Waals surface area contributed by atoms with E-state index in [-0.39, 0.29) is 17.2 Å². The highest BCUT2D eigenvalue weighted by Crippen LogP contribution is 2.45. The molecule has 2 fully saturated rings. The first-order valence-electron chi connectivity index (χ1n) is 8.82. The van der Waals surface area contributed by atoms with E-state index in [2.05, 4.69) is 16.9 Å². The number of ether oxygens (including phenoxy) is 1. The van der Waals surface area contributed by atoms with Gasteiger partial charge in [-0.15, -0.1) is 0 Å². The number of alkyl halides is 3. The quantitative estimate of drug-likeness (QED) is 0.736. The number of hydrogen-bond acceptors (Lipinski definition) is 6. The van der Waals surface area contributed by atoms with Gasteiger partial charge in [0.15, 0.2) is 5.82 Å². The SMILES string of the molecule is COCCN1CC[C@]2(CN(c3ncc(F)cn3)C[C@H]2C)C1=O.O=C(O)C(F)(F)F. The number of carbonyl (C=O) groups is 2. The van der Waals surface area contributed by atoms with Gasteiger partial charge in [-0.3, -0.25) is 4.79 Å². The Balaban J connectivity index is 0.000000370. The maximum absolute atomic E-state index is 13.0. The van der Waals surface area contributed by atoms with Crippen LogP contribution in [-0.2, 0) is 14.3 Å². The molecule has 2 aliphatic heterocycles. The molecule has 3 rings (SSSR count). The van der Waals surface area contributed by atoms with E-state index in [9.17, 15) is 22.4 Å². The van der Waals surface area contributed by atoms with Gasteiger partial charge in [0, 0.05) is 33.3 Å².